The Morgan fingerprint density at radius 1 is 1.11 bits per heavy atom. The summed E-state index contributed by atoms with van der Waals surface area (Å²) in [7, 11) is -0.126. The molecule has 0 spiro atoms. The average molecular weight is 410 g/mol. The minimum Gasteiger partial charge on any atom is -0.353 e. The van der Waals surface area contributed by atoms with Crippen molar-refractivity contribution < 1.29 is 13.2 Å². The summed E-state index contributed by atoms with van der Waals surface area (Å²) in [5.74, 6) is -0.381. The first kappa shape index (κ1) is 21.2. The number of rotatable bonds is 8. The summed E-state index contributed by atoms with van der Waals surface area (Å²) in [5, 5.41) is 3.18. The van der Waals surface area contributed by atoms with Gasteiger partial charge in [-0.2, -0.15) is 0 Å². The summed E-state index contributed by atoms with van der Waals surface area (Å²) in [4.78, 5) is 14.4. The molecule has 27 heavy (non-hydrogen) atoms. The van der Waals surface area contributed by atoms with Crippen molar-refractivity contribution in [2.45, 2.75) is 11.8 Å². The second-order valence-corrected chi connectivity index (χ2v) is 8.68. The Morgan fingerprint density at radius 3 is 2.37 bits per heavy atom. The Morgan fingerprint density at radius 2 is 1.78 bits per heavy atom. The van der Waals surface area contributed by atoms with Crippen LogP contribution < -0.4 is 9.62 Å². The van der Waals surface area contributed by atoms with E-state index in [1.54, 1.807) is 36.4 Å². The standard InChI is InChI=1S/C19H24ClN3O3S/c1-15-9-10-16(13-18(15)20)23(14-19(24)21-11-12-22(2)3)27(25,26)17-7-5-4-6-8-17/h4-10,13H,11-12,14H2,1-3H3,(H,21,24). The number of anilines is 1. The summed E-state index contributed by atoms with van der Waals surface area (Å²) in [6, 6.07) is 13.0. The molecular weight excluding hydrogens is 386 g/mol. The normalized spacial score (nSPS) is 11.4. The largest absolute Gasteiger partial charge is 0.353 e. The van der Waals surface area contributed by atoms with Crippen LogP contribution in [-0.4, -0.2) is 53.0 Å². The number of sulfonamides is 1. The van der Waals surface area contributed by atoms with E-state index >= 15 is 0 Å². The molecule has 1 N–H and O–H groups in total. The number of carbonyl (C=O) groups is 1. The summed E-state index contributed by atoms with van der Waals surface area (Å²) in [6.07, 6.45) is 0. The van der Waals surface area contributed by atoms with Crippen LogP contribution in [0.4, 0.5) is 5.69 Å². The molecule has 0 unspecified atom stereocenters. The van der Waals surface area contributed by atoms with Crippen LogP contribution >= 0.6 is 11.6 Å². The number of amides is 1. The van der Waals surface area contributed by atoms with Gasteiger partial charge in [-0.25, -0.2) is 8.42 Å². The van der Waals surface area contributed by atoms with Crippen molar-refractivity contribution >= 4 is 33.2 Å². The Balaban J connectivity index is 2.34. The van der Waals surface area contributed by atoms with Crippen molar-refractivity contribution in [1.82, 2.24) is 10.2 Å². The number of carbonyl (C=O) groups excluding carboxylic acids is 1. The number of aryl methyl sites for hydroxylation is 1. The lowest BCUT2D eigenvalue weighted by Gasteiger charge is -2.24. The molecule has 0 fully saturated rings. The summed E-state index contributed by atoms with van der Waals surface area (Å²) in [5.41, 5.74) is 1.17. The number of halogens is 1. The van der Waals surface area contributed by atoms with Gasteiger partial charge < -0.3 is 10.2 Å². The lowest BCUT2D eigenvalue weighted by Crippen LogP contribution is -2.42. The van der Waals surface area contributed by atoms with Gasteiger partial charge in [0.1, 0.15) is 6.54 Å². The van der Waals surface area contributed by atoms with E-state index in [-0.39, 0.29) is 17.3 Å². The minimum atomic E-state index is -3.92. The van der Waals surface area contributed by atoms with Gasteiger partial charge in [-0.15, -0.1) is 0 Å². The fourth-order valence-corrected chi connectivity index (χ4v) is 3.99. The van der Waals surface area contributed by atoms with Gasteiger partial charge in [0.2, 0.25) is 5.91 Å². The molecule has 0 aliphatic heterocycles. The molecular formula is C19H24ClN3O3S. The predicted octanol–water partition coefficient (Wildman–Crippen LogP) is 2.52. The van der Waals surface area contributed by atoms with Crippen LogP contribution in [-0.2, 0) is 14.8 Å². The molecule has 0 aromatic heterocycles. The Hall–Kier alpha value is -2.09. The first-order valence-electron chi connectivity index (χ1n) is 8.47. The highest BCUT2D eigenvalue weighted by Gasteiger charge is 2.27. The number of hydrogen-bond donors (Lipinski definition) is 1. The Bertz CT molecular complexity index is 886. The van der Waals surface area contributed by atoms with Crippen LogP contribution in [0.15, 0.2) is 53.4 Å². The molecule has 0 bridgehead atoms. The van der Waals surface area contributed by atoms with Gasteiger partial charge in [0, 0.05) is 18.1 Å². The van der Waals surface area contributed by atoms with E-state index in [4.69, 9.17) is 11.6 Å². The monoisotopic (exact) mass is 409 g/mol. The SMILES string of the molecule is Cc1ccc(N(CC(=O)NCCN(C)C)S(=O)(=O)c2ccccc2)cc1Cl. The smallest absolute Gasteiger partial charge is 0.264 e. The van der Waals surface area contributed by atoms with Crippen molar-refractivity contribution in [2.75, 3.05) is 38.0 Å². The van der Waals surface area contributed by atoms with Crippen molar-refractivity contribution in [3.05, 3.63) is 59.1 Å². The maximum atomic E-state index is 13.1. The first-order valence-corrected chi connectivity index (χ1v) is 10.3. The molecule has 0 saturated heterocycles. The second-order valence-electron chi connectivity index (χ2n) is 6.41. The molecule has 0 aliphatic carbocycles. The zero-order valence-electron chi connectivity index (χ0n) is 15.6. The quantitative estimate of drug-likeness (QED) is 0.727. The van der Waals surface area contributed by atoms with E-state index in [9.17, 15) is 13.2 Å². The Labute approximate surface area is 165 Å². The maximum Gasteiger partial charge on any atom is 0.264 e. The number of likely N-dealkylation sites (N-methyl/N-ethyl adjacent to an activating group) is 1. The molecule has 2 aromatic rings. The molecule has 6 nitrogen and oxygen atoms in total. The van der Waals surface area contributed by atoms with Crippen molar-refractivity contribution in [2.24, 2.45) is 0 Å². The topological polar surface area (TPSA) is 69.7 Å². The van der Waals surface area contributed by atoms with Crippen LogP contribution in [0.2, 0.25) is 5.02 Å². The van der Waals surface area contributed by atoms with Gasteiger partial charge in [-0.05, 0) is 50.8 Å². The van der Waals surface area contributed by atoms with Crippen LogP contribution in [0.1, 0.15) is 5.56 Å². The molecule has 0 radical (unpaired) electrons. The second kappa shape index (κ2) is 9.21. The third-order valence-electron chi connectivity index (χ3n) is 3.94. The third kappa shape index (κ3) is 5.69. The van der Waals surface area contributed by atoms with Gasteiger partial charge in [-0.3, -0.25) is 9.10 Å². The van der Waals surface area contributed by atoms with Gasteiger partial charge in [0.15, 0.2) is 0 Å². The summed E-state index contributed by atoms with van der Waals surface area (Å²) < 4.78 is 27.4. The molecule has 8 heteroatoms. The van der Waals surface area contributed by atoms with Gasteiger partial charge in [0.25, 0.3) is 10.0 Å². The lowest BCUT2D eigenvalue weighted by molar-refractivity contribution is -0.119. The van der Waals surface area contributed by atoms with Crippen molar-refractivity contribution in [1.29, 1.82) is 0 Å². The minimum absolute atomic E-state index is 0.114. The van der Waals surface area contributed by atoms with Crippen LogP contribution in [0.3, 0.4) is 0 Å². The molecule has 2 rings (SSSR count). The molecule has 0 aliphatic rings. The third-order valence-corrected chi connectivity index (χ3v) is 6.14. The predicted molar refractivity (Wildman–Crippen MR) is 109 cm³/mol. The molecule has 0 heterocycles. The fraction of sp³-hybridized carbons (Fsp3) is 0.316. The molecule has 2 aromatic carbocycles. The highest BCUT2D eigenvalue weighted by atomic mass is 35.5. The molecule has 146 valence electrons. The van der Waals surface area contributed by atoms with Gasteiger partial charge >= 0.3 is 0 Å². The van der Waals surface area contributed by atoms with E-state index < -0.39 is 10.0 Å². The van der Waals surface area contributed by atoms with Crippen LogP contribution in [0, 0.1) is 6.92 Å². The number of nitrogens with one attached hydrogen (secondary N) is 1. The maximum absolute atomic E-state index is 13.1. The van der Waals surface area contributed by atoms with Crippen molar-refractivity contribution in [3.63, 3.8) is 0 Å². The van der Waals surface area contributed by atoms with E-state index in [1.807, 2.05) is 25.9 Å². The fourth-order valence-electron chi connectivity index (χ4n) is 2.38. The molecule has 1 amide bonds. The van der Waals surface area contributed by atoms with E-state index in [0.29, 0.717) is 23.8 Å². The van der Waals surface area contributed by atoms with Crippen LogP contribution in [0.25, 0.3) is 0 Å². The Kier molecular flexibility index (Phi) is 7.24. The van der Waals surface area contributed by atoms with Crippen LogP contribution in [0.5, 0.6) is 0 Å². The van der Waals surface area contributed by atoms with Gasteiger partial charge in [-0.1, -0.05) is 35.9 Å². The van der Waals surface area contributed by atoms with E-state index in [0.717, 1.165) is 9.87 Å². The molecule has 0 atom stereocenters. The zero-order chi connectivity index (χ0) is 20.0. The summed E-state index contributed by atoms with van der Waals surface area (Å²) in [6.45, 7) is 2.59. The van der Waals surface area contributed by atoms with E-state index in [1.165, 1.54) is 12.1 Å². The number of nitrogens with zero attached hydrogens (tertiary/aromatic N) is 2. The van der Waals surface area contributed by atoms with E-state index in [2.05, 4.69) is 5.32 Å². The van der Waals surface area contributed by atoms with Crippen molar-refractivity contribution in [3.8, 4) is 0 Å². The molecule has 0 saturated carbocycles. The summed E-state index contributed by atoms with van der Waals surface area (Å²) >= 11 is 6.18. The number of benzene rings is 2. The van der Waals surface area contributed by atoms with Gasteiger partial charge in [0.05, 0.1) is 10.6 Å². The highest BCUT2D eigenvalue weighted by Crippen LogP contribution is 2.27. The highest BCUT2D eigenvalue weighted by molar-refractivity contribution is 7.92. The average Bonchev–Trinajstić information content (AvgIpc) is 2.62. The zero-order valence-corrected chi connectivity index (χ0v) is 17.2. The lowest BCUT2D eigenvalue weighted by atomic mass is 10.2. The first-order chi connectivity index (χ1) is 12.7. The number of hydrogen-bond acceptors (Lipinski definition) is 4.